The predicted octanol–water partition coefficient (Wildman–Crippen LogP) is 4.56. The van der Waals surface area contributed by atoms with Crippen LogP contribution in [0.5, 0.6) is 0 Å². The maximum Gasteiger partial charge on any atom is 0.243 e. The highest BCUT2D eigenvalue weighted by atomic mass is 32.2. The van der Waals surface area contributed by atoms with E-state index in [1.807, 2.05) is 0 Å². The Bertz CT molecular complexity index is 914. The van der Waals surface area contributed by atoms with Gasteiger partial charge in [-0.1, -0.05) is 44.5 Å². The van der Waals surface area contributed by atoms with E-state index in [2.05, 4.69) is 43.4 Å². The number of hydrogen-bond donors (Lipinski definition) is 1. The van der Waals surface area contributed by atoms with Crippen molar-refractivity contribution in [1.82, 2.24) is 4.31 Å². The molecule has 156 valence electrons. The molecule has 1 fully saturated rings. The first-order chi connectivity index (χ1) is 13.9. The summed E-state index contributed by atoms with van der Waals surface area (Å²) in [6.07, 6.45) is 3.96. The molecule has 2 aromatic rings. The standard InChI is InChI=1S/C23H30N2O3S/c1-18(2)20-9-6-19(7-10-20)8-15-23(26)24-21-11-13-22(14-12-21)29(27,28)25-16-4-3-5-17-25/h6-7,9-14,18H,3-5,8,15-17H2,1-2H3,(H,24,26). The minimum Gasteiger partial charge on any atom is -0.326 e. The first-order valence-electron chi connectivity index (χ1n) is 10.3. The average molecular weight is 415 g/mol. The third-order valence-electron chi connectivity index (χ3n) is 5.38. The van der Waals surface area contributed by atoms with Gasteiger partial charge in [0.15, 0.2) is 0 Å². The van der Waals surface area contributed by atoms with Crippen LogP contribution >= 0.6 is 0 Å². The zero-order valence-corrected chi connectivity index (χ0v) is 18.0. The molecule has 1 aliphatic rings. The van der Waals surface area contributed by atoms with Gasteiger partial charge < -0.3 is 5.32 Å². The third kappa shape index (κ3) is 5.67. The van der Waals surface area contributed by atoms with Crippen LogP contribution < -0.4 is 5.32 Å². The fraction of sp³-hybridized carbons (Fsp3) is 0.435. The smallest absolute Gasteiger partial charge is 0.243 e. The molecular weight excluding hydrogens is 384 g/mol. The lowest BCUT2D eigenvalue weighted by molar-refractivity contribution is -0.116. The van der Waals surface area contributed by atoms with Gasteiger partial charge in [-0.3, -0.25) is 4.79 Å². The molecular formula is C23H30N2O3S. The van der Waals surface area contributed by atoms with Gasteiger partial charge in [-0.15, -0.1) is 0 Å². The first-order valence-corrected chi connectivity index (χ1v) is 11.8. The Balaban J connectivity index is 1.54. The number of benzene rings is 2. The molecule has 3 rings (SSSR count). The lowest BCUT2D eigenvalue weighted by Crippen LogP contribution is -2.35. The van der Waals surface area contributed by atoms with Crippen LogP contribution in [0.3, 0.4) is 0 Å². The number of carbonyl (C=O) groups is 1. The highest BCUT2D eigenvalue weighted by Gasteiger charge is 2.25. The van der Waals surface area contributed by atoms with Crippen molar-refractivity contribution in [1.29, 1.82) is 0 Å². The first kappa shape index (κ1) is 21.5. The molecule has 0 unspecified atom stereocenters. The average Bonchev–Trinajstić information content (AvgIpc) is 2.73. The normalized spacial score (nSPS) is 15.4. The summed E-state index contributed by atoms with van der Waals surface area (Å²) in [5, 5.41) is 2.85. The number of rotatable bonds is 7. The summed E-state index contributed by atoms with van der Waals surface area (Å²) in [5.74, 6) is 0.415. The number of carbonyl (C=O) groups excluding carboxylic acids is 1. The predicted molar refractivity (Wildman–Crippen MR) is 117 cm³/mol. The highest BCUT2D eigenvalue weighted by Crippen LogP contribution is 2.22. The molecule has 0 radical (unpaired) electrons. The van der Waals surface area contributed by atoms with Crippen LogP contribution in [-0.4, -0.2) is 31.7 Å². The number of aryl methyl sites for hydroxylation is 1. The van der Waals surface area contributed by atoms with Gasteiger partial charge in [-0.05, 0) is 60.6 Å². The fourth-order valence-electron chi connectivity index (χ4n) is 3.52. The summed E-state index contributed by atoms with van der Waals surface area (Å²) in [5.41, 5.74) is 3.04. The Morgan fingerprint density at radius 3 is 2.17 bits per heavy atom. The van der Waals surface area contributed by atoms with Crippen molar-refractivity contribution >= 4 is 21.6 Å². The van der Waals surface area contributed by atoms with E-state index in [0.717, 1.165) is 24.8 Å². The van der Waals surface area contributed by atoms with E-state index >= 15 is 0 Å². The van der Waals surface area contributed by atoms with Crippen LogP contribution in [0.4, 0.5) is 5.69 Å². The number of anilines is 1. The number of nitrogens with one attached hydrogen (secondary N) is 1. The van der Waals surface area contributed by atoms with E-state index in [1.54, 1.807) is 28.6 Å². The summed E-state index contributed by atoms with van der Waals surface area (Å²) in [7, 11) is -3.44. The second-order valence-corrected chi connectivity index (χ2v) is 9.87. The lowest BCUT2D eigenvalue weighted by Gasteiger charge is -2.25. The van der Waals surface area contributed by atoms with E-state index in [-0.39, 0.29) is 10.8 Å². The largest absolute Gasteiger partial charge is 0.326 e. The van der Waals surface area contributed by atoms with Gasteiger partial charge in [0.2, 0.25) is 15.9 Å². The molecule has 0 atom stereocenters. The van der Waals surface area contributed by atoms with Crippen LogP contribution in [-0.2, 0) is 21.2 Å². The second-order valence-electron chi connectivity index (χ2n) is 7.93. The maximum absolute atomic E-state index is 12.7. The summed E-state index contributed by atoms with van der Waals surface area (Å²) in [6, 6.07) is 14.8. The summed E-state index contributed by atoms with van der Waals surface area (Å²) < 4.78 is 26.9. The van der Waals surface area contributed by atoms with E-state index < -0.39 is 10.0 Å². The minimum absolute atomic E-state index is 0.0791. The minimum atomic E-state index is -3.44. The van der Waals surface area contributed by atoms with Crippen molar-refractivity contribution in [2.75, 3.05) is 18.4 Å². The molecule has 1 heterocycles. The zero-order chi connectivity index (χ0) is 20.9. The van der Waals surface area contributed by atoms with E-state index in [9.17, 15) is 13.2 Å². The van der Waals surface area contributed by atoms with E-state index in [0.29, 0.717) is 37.5 Å². The monoisotopic (exact) mass is 414 g/mol. The van der Waals surface area contributed by atoms with E-state index in [4.69, 9.17) is 0 Å². The number of piperidine rings is 1. The van der Waals surface area contributed by atoms with Crippen molar-refractivity contribution < 1.29 is 13.2 Å². The van der Waals surface area contributed by atoms with Crippen LogP contribution in [0, 0.1) is 0 Å². The molecule has 2 aromatic carbocycles. The highest BCUT2D eigenvalue weighted by molar-refractivity contribution is 7.89. The summed E-state index contributed by atoms with van der Waals surface area (Å²) in [6.45, 7) is 5.48. The Morgan fingerprint density at radius 2 is 1.59 bits per heavy atom. The molecule has 0 aliphatic carbocycles. The zero-order valence-electron chi connectivity index (χ0n) is 17.2. The summed E-state index contributed by atoms with van der Waals surface area (Å²) >= 11 is 0. The van der Waals surface area contributed by atoms with Crippen LogP contribution in [0.1, 0.15) is 56.6 Å². The Hall–Kier alpha value is -2.18. The summed E-state index contributed by atoms with van der Waals surface area (Å²) in [4.78, 5) is 12.5. The Kier molecular flexibility index (Phi) is 7.09. The molecule has 29 heavy (non-hydrogen) atoms. The molecule has 0 saturated carbocycles. The number of hydrogen-bond acceptors (Lipinski definition) is 3. The van der Waals surface area contributed by atoms with Crippen LogP contribution in [0.15, 0.2) is 53.4 Å². The Labute approximate surface area is 174 Å². The lowest BCUT2D eigenvalue weighted by atomic mass is 10.0. The number of sulfonamides is 1. The molecule has 5 nitrogen and oxygen atoms in total. The SMILES string of the molecule is CC(C)c1ccc(CCC(=O)Nc2ccc(S(=O)(=O)N3CCCCC3)cc2)cc1. The van der Waals surface area contributed by atoms with Gasteiger partial charge in [-0.25, -0.2) is 8.42 Å². The number of amides is 1. The fourth-order valence-corrected chi connectivity index (χ4v) is 5.03. The second kappa shape index (κ2) is 9.55. The van der Waals surface area contributed by atoms with Crippen LogP contribution in [0.25, 0.3) is 0 Å². The third-order valence-corrected chi connectivity index (χ3v) is 7.29. The number of nitrogens with zero attached hydrogens (tertiary/aromatic N) is 1. The maximum atomic E-state index is 12.7. The molecule has 6 heteroatoms. The van der Waals surface area contributed by atoms with Crippen molar-refractivity contribution in [2.45, 2.75) is 56.8 Å². The molecule has 0 spiro atoms. The molecule has 1 aliphatic heterocycles. The van der Waals surface area contributed by atoms with Crippen molar-refractivity contribution in [2.24, 2.45) is 0 Å². The molecule has 0 bridgehead atoms. The molecule has 1 N–H and O–H groups in total. The van der Waals surface area contributed by atoms with E-state index in [1.165, 1.54) is 5.56 Å². The van der Waals surface area contributed by atoms with Gasteiger partial charge in [-0.2, -0.15) is 4.31 Å². The molecule has 0 aromatic heterocycles. The topological polar surface area (TPSA) is 66.5 Å². The van der Waals surface area contributed by atoms with Crippen molar-refractivity contribution in [3.8, 4) is 0 Å². The molecule has 1 amide bonds. The Morgan fingerprint density at radius 1 is 0.966 bits per heavy atom. The van der Waals surface area contributed by atoms with Gasteiger partial charge in [0, 0.05) is 25.2 Å². The van der Waals surface area contributed by atoms with Gasteiger partial charge >= 0.3 is 0 Å². The van der Waals surface area contributed by atoms with Gasteiger partial charge in [0.05, 0.1) is 4.90 Å². The van der Waals surface area contributed by atoms with Gasteiger partial charge in [0.25, 0.3) is 0 Å². The molecule has 1 saturated heterocycles. The van der Waals surface area contributed by atoms with Crippen molar-refractivity contribution in [3.05, 3.63) is 59.7 Å². The van der Waals surface area contributed by atoms with Crippen molar-refractivity contribution in [3.63, 3.8) is 0 Å². The van der Waals surface area contributed by atoms with Gasteiger partial charge in [0.1, 0.15) is 0 Å². The van der Waals surface area contributed by atoms with Crippen LogP contribution in [0.2, 0.25) is 0 Å². The quantitative estimate of drug-likeness (QED) is 0.722.